The molecule has 1 saturated carbocycles. The van der Waals surface area contributed by atoms with Gasteiger partial charge in [0.05, 0.1) is 0 Å². The van der Waals surface area contributed by atoms with Gasteiger partial charge in [0.25, 0.3) is 0 Å². The van der Waals surface area contributed by atoms with Gasteiger partial charge < -0.3 is 10.5 Å². The number of allylic oxidation sites excluding steroid dienone is 1. The fourth-order valence-electron chi connectivity index (χ4n) is 4.59. The second kappa shape index (κ2) is 11.5. The smallest absolute Gasteiger partial charge is 0.180 e. The monoisotopic (exact) mass is 437 g/mol. The zero-order valence-corrected chi connectivity index (χ0v) is 22.5. The number of rotatable bonds is 9. The lowest BCUT2D eigenvalue weighted by atomic mass is 9.77. The molecule has 0 aromatic rings. The van der Waals surface area contributed by atoms with Gasteiger partial charge in [-0.15, -0.1) is 0 Å². The molecule has 182 valence electrons. The Kier molecular flexibility index (Phi) is 11.0. The summed E-state index contributed by atoms with van der Waals surface area (Å²) >= 11 is 0. The standard InChI is InChI=1S/C19H34O2.C8H17NO/c1-9-15-17(19(15,7)8)14(13(3)20)10-11-16(21)12(2)18(4,5)6;1-5-6-7(9)10-8(2,3)4/h12,14-15,17H,9-11H2,1-8H3;6H,5,9H2,1-4H3/b;7-6+. The third-order valence-corrected chi connectivity index (χ3v) is 6.85. The molecule has 0 saturated heterocycles. The van der Waals surface area contributed by atoms with Crippen molar-refractivity contribution in [3.8, 4) is 0 Å². The van der Waals surface area contributed by atoms with Crippen LogP contribution in [0.3, 0.4) is 0 Å². The van der Waals surface area contributed by atoms with E-state index < -0.39 is 0 Å². The number of hydrogen-bond acceptors (Lipinski definition) is 4. The lowest BCUT2D eigenvalue weighted by Gasteiger charge is -2.26. The summed E-state index contributed by atoms with van der Waals surface area (Å²) in [6.45, 7) is 24.7. The Morgan fingerprint density at radius 2 is 1.61 bits per heavy atom. The van der Waals surface area contributed by atoms with Crippen LogP contribution in [0.2, 0.25) is 0 Å². The molecule has 0 aromatic heterocycles. The van der Waals surface area contributed by atoms with Crippen molar-refractivity contribution >= 4 is 11.6 Å². The van der Waals surface area contributed by atoms with Gasteiger partial charge in [0.2, 0.25) is 0 Å². The first-order valence-electron chi connectivity index (χ1n) is 12.1. The molecule has 1 aliphatic rings. The number of ketones is 2. The van der Waals surface area contributed by atoms with Crippen LogP contribution in [-0.2, 0) is 14.3 Å². The maximum atomic E-state index is 12.4. The Hall–Kier alpha value is -1.32. The molecule has 4 nitrogen and oxygen atoms in total. The topological polar surface area (TPSA) is 69.4 Å². The second-order valence-corrected chi connectivity index (χ2v) is 11.9. The molecule has 0 spiro atoms. The summed E-state index contributed by atoms with van der Waals surface area (Å²) in [6, 6.07) is 0. The zero-order valence-electron chi connectivity index (χ0n) is 22.5. The molecule has 0 amide bonds. The minimum atomic E-state index is -0.171. The molecular weight excluding hydrogens is 386 g/mol. The summed E-state index contributed by atoms with van der Waals surface area (Å²) in [5.41, 5.74) is 5.61. The SMILES string of the molecule is CC/C=C(\N)OC(C)(C)C.CCC1C(C(CCC(=O)C(C)C(C)(C)C)C(C)=O)C1(C)C. The number of carbonyl (C=O) groups excluding carboxylic acids is 2. The molecule has 4 heteroatoms. The van der Waals surface area contributed by atoms with Gasteiger partial charge in [0.1, 0.15) is 17.2 Å². The van der Waals surface area contributed by atoms with E-state index in [2.05, 4.69) is 41.5 Å². The molecule has 1 aliphatic carbocycles. The van der Waals surface area contributed by atoms with Gasteiger partial charge in [-0.3, -0.25) is 9.59 Å². The van der Waals surface area contributed by atoms with Crippen molar-refractivity contribution in [2.75, 3.05) is 0 Å². The van der Waals surface area contributed by atoms with Crippen LogP contribution in [0.5, 0.6) is 0 Å². The third-order valence-electron chi connectivity index (χ3n) is 6.85. The Bertz CT molecular complexity index is 619. The minimum absolute atomic E-state index is 0.00755. The number of carbonyl (C=O) groups is 2. The Morgan fingerprint density at radius 1 is 1.10 bits per heavy atom. The van der Waals surface area contributed by atoms with Gasteiger partial charge in [-0.2, -0.15) is 0 Å². The highest BCUT2D eigenvalue weighted by molar-refractivity contribution is 5.83. The first-order valence-corrected chi connectivity index (χ1v) is 12.1. The molecule has 0 bridgehead atoms. The van der Waals surface area contributed by atoms with Crippen molar-refractivity contribution in [1.29, 1.82) is 0 Å². The van der Waals surface area contributed by atoms with Crippen LogP contribution >= 0.6 is 0 Å². The van der Waals surface area contributed by atoms with Gasteiger partial charge in [-0.1, -0.05) is 61.8 Å². The first-order chi connectivity index (χ1) is 13.9. The van der Waals surface area contributed by atoms with Crippen LogP contribution in [0.1, 0.15) is 109 Å². The summed E-state index contributed by atoms with van der Waals surface area (Å²) in [6.07, 6.45) is 5.20. The van der Waals surface area contributed by atoms with Crippen LogP contribution in [0.4, 0.5) is 0 Å². The van der Waals surface area contributed by atoms with Gasteiger partial charge in [-0.25, -0.2) is 0 Å². The van der Waals surface area contributed by atoms with Crippen LogP contribution < -0.4 is 5.73 Å². The van der Waals surface area contributed by atoms with Crippen molar-refractivity contribution in [2.45, 2.75) is 114 Å². The first kappa shape index (κ1) is 29.7. The number of Topliss-reactive ketones (excluding diaryl/α,β-unsaturated/α-hetero) is 2. The molecule has 0 aromatic carbocycles. The van der Waals surface area contributed by atoms with E-state index in [9.17, 15) is 9.59 Å². The summed E-state index contributed by atoms with van der Waals surface area (Å²) in [4.78, 5) is 24.4. The average molecular weight is 438 g/mol. The fraction of sp³-hybridized carbons (Fsp3) is 0.852. The largest absolute Gasteiger partial charge is 0.474 e. The Morgan fingerprint density at radius 3 is 1.94 bits per heavy atom. The maximum absolute atomic E-state index is 12.4. The van der Waals surface area contributed by atoms with Crippen molar-refractivity contribution in [1.82, 2.24) is 0 Å². The van der Waals surface area contributed by atoms with E-state index in [1.54, 1.807) is 6.92 Å². The summed E-state index contributed by atoms with van der Waals surface area (Å²) in [5.74, 6) is 2.33. The summed E-state index contributed by atoms with van der Waals surface area (Å²) in [5, 5.41) is 0. The zero-order chi connectivity index (χ0) is 24.8. The quantitative estimate of drug-likeness (QED) is 0.398. The second-order valence-electron chi connectivity index (χ2n) is 11.9. The lowest BCUT2D eigenvalue weighted by molar-refractivity contribution is -0.126. The molecule has 1 rings (SSSR count). The molecule has 0 radical (unpaired) electrons. The van der Waals surface area contributed by atoms with E-state index in [0.29, 0.717) is 29.9 Å². The van der Waals surface area contributed by atoms with E-state index in [1.807, 2.05) is 40.7 Å². The molecule has 0 heterocycles. The van der Waals surface area contributed by atoms with E-state index in [-0.39, 0.29) is 34.1 Å². The molecule has 0 aliphatic heterocycles. The fourth-order valence-corrected chi connectivity index (χ4v) is 4.59. The highest BCUT2D eigenvalue weighted by atomic mass is 16.5. The molecule has 4 unspecified atom stereocenters. The van der Waals surface area contributed by atoms with Crippen molar-refractivity contribution in [2.24, 2.45) is 40.2 Å². The molecule has 31 heavy (non-hydrogen) atoms. The van der Waals surface area contributed by atoms with Crippen molar-refractivity contribution in [3.63, 3.8) is 0 Å². The molecule has 2 N–H and O–H groups in total. The number of hydrogen-bond donors (Lipinski definition) is 1. The normalized spacial score (nSPS) is 22.6. The summed E-state index contributed by atoms with van der Waals surface area (Å²) in [7, 11) is 0. The van der Waals surface area contributed by atoms with E-state index in [4.69, 9.17) is 10.5 Å². The lowest BCUT2D eigenvalue weighted by Crippen LogP contribution is -2.27. The van der Waals surface area contributed by atoms with E-state index >= 15 is 0 Å². The van der Waals surface area contributed by atoms with Crippen LogP contribution in [0.15, 0.2) is 12.0 Å². The number of ether oxygens (including phenoxy) is 1. The van der Waals surface area contributed by atoms with Gasteiger partial charge in [-0.05, 0) is 69.3 Å². The highest BCUT2D eigenvalue weighted by Gasteiger charge is 2.60. The van der Waals surface area contributed by atoms with Crippen LogP contribution in [0.25, 0.3) is 0 Å². The minimum Gasteiger partial charge on any atom is -0.474 e. The van der Waals surface area contributed by atoms with Gasteiger partial charge >= 0.3 is 0 Å². The van der Waals surface area contributed by atoms with Crippen molar-refractivity contribution < 1.29 is 14.3 Å². The highest BCUT2D eigenvalue weighted by Crippen LogP contribution is 2.64. The van der Waals surface area contributed by atoms with Gasteiger partial charge in [0, 0.05) is 18.3 Å². The summed E-state index contributed by atoms with van der Waals surface area (Å²) < 4.78 is 5.32. The number of nitrogens with two attached hydrogens (primary N) is 1. The predicted molar refractivity (Wildman–Crippen MR) is 131 cm³/mol. The molecular formula is C27H51NO3. The van der Waals surface area contributed by atoms with E-state index in [1.165, 1.54) is 0 Å². The van der Waals surface area contributed by atoms with Crippen molar-refractivity contribution in [3.05, 3.63) is 12.0 Å². The average Bonchev–Trinajstić information content (AvgIpc) is 3.12. The van der Waals surface area contributed by atoms with E-state index in [0.717, 1.165) is 19.3 Å². The maximum Gasteiger partial charge on any atom is 0.180 e. The van der Waals surface area contributed by atoms with Gasteiger partial charge in [0.15, 0.2) is 5.88 Å². The molecule has 4 atom stereocenters. The molecule has 1 fully saturated rings. The van der Waals surface area contributed by atoms with Crippen LogP contribution in [0, 0.1) is 34.5 Å². The Balaban J connectivity index is 0.000000759. The van der Waals surface area contributed by atoms with Crippen LogP contribution in [-0.4, -0.2) is 17.2 Å². The third kappa shape index (κ3) is 9.78. The Labute approximate surface area is 192 Å². The predicted octanol–water partition coefficient (Wildman–Crippen LogP) is 6.92.